The number of carbonyl (C=O) groups is 3. The lowest BCUT2D eigenvalue weighted by atomic mass is 10.0. The van der Waals surface area contributed by atoms with Crippen molar-refractivity contribution < 1.29 is 28.6 Å². The number of allylic oxidation sites excluding steroid dienone is 12. The van der Waals surface area contributed by atoms with Crippen LogP contribution in [0.2, 0.25) is 0 Å². The second-order valence-corrected chi connectivity index (χ2v) is 24.5. The van der Waals surface area contributed by atoms with Crippen molar-refractivity contribution in [2.75, 3.05) is 13.2 Å². The van der Waals surface area contributed by atoms with Crippen molar-refractivity contribution in [1.29, 1.82) is 0 Å². The Balaban J connectivity index is 4.06. The summed E-state index contributed by atoms with van der Waals surface area (Å²) < 4.78 is 16.9. The quantitative estimate of drug-likeness (QED) is 0.0261. The molecule has 0 rings (SSSR count). The summed E-state index contributed by atoms with van der Waals surface area (Å²) in [5.74, 6) is -0.918. The van der Waals surface area contributed by atoms with Gasteiger partial charge in [0.05, 0.1) is 0 Å². The van der Waals surface area contributed by atoms with Crippen LogP contribution in [0.4, 0.5) is 0 Å². The number of hydrogen-bond acceptors (Lipinski definition) is 6. The monoisotopic (exact) mass is 1160 g/mol. The first-order chi connectivity index (χ1) is 41.0. The highest BCUT2D eigenvalue weighted by molar-refractivity contribution is 5.71. The van der Waals surface area contributed by atoms with E-state index in [9.17, 15) is 14.4 Å². The molecule has 0 aromatic rings. The third-order valence-corrected chi connectivity index (χ3v) is 16.2. The number of rotatable bonds is 67. The van der Waals surface area contributed by atoms with Gasteiger partial charge in [0.1, 0.15) is 13.2 Å². The van der Waals surface area contributed by atoms with Crippen molar-refractivity contribution in [3.05, 3.63) is 72.9 Å². The molecule has 0 saturated carbocycles. The SMILES string of the molecule is CC/C=C\C/C=C\C/C=C\C/C=C\C/C=C\C/C=C\CCCCC(=O)OC(COC(=O)CCCCCCCCCCC)COC(=O)CCCCCCCCCCCCCCCCCCCCCCCCCCCCCCCCCCCCC. The Morgan fingerprint density at radius 2 is 0.470 bits per heavy atom. The standard InChI is InChI=1S/C77H138O6/c1-4-7-10-13-16-19-21-23-25-27-29-31-32-33-34-35-36-37-38-39-40-41-42-43-44-46-47-49-51-53-55-58-61-64-67-70-76(79)82-73-74(72-81-75(78)69-66-63-60-57-18-15-12-9-6-3)83-77(80)71-68-65-62-59-56-54-52-50-48-45-30-28-26-24-22-20-17-14-11-8-5-2/h8,11,17,20,24,26,30,45,50,52,56,59,74H,4-7,9-10,12-16,18-19,21-23,25,27-29,31-44,46-49,51,53-55,57-58,60-73H2,1-3H3/b11-8-,20-17-,26-24-,45-30-,52-50-,59-56-. The molecule has 0 N–H and O–H groups in total. The predicted octanol–water partition coefficient (Wildman–Crippen LogP) is 25.2. The minimum Gasteiger partial charge on any atom is -0.462 e. The van der Waals surface area contributed by atoms with Gasteiger partial charge in [0.15, 0.2) is 6.10 Å². The zero-order chi connectivity index (χ0) is 59.9. The lowest BCUT2D eigenvalue weighted by Gasteiger charge is -2.18. The third-order valence-electron chi connectivity index (χ3n) is 16.2. The van der Waals surface area contributed by atoms with E-state index >= 15 is 0 Å². The number of unbranched alkanes of at least 4 members (excludes halogenated alkanes) is 44. The Bertz CT molecular complexity index is 1520. The summed E-state index contributed by atoms with van der Waals surface area (Å²) in [6.07, 6.45) is 94.1. The first-order valence-corrected chi connectivity index (χ1v) is 36.4. The van der Waals surface area contributed by atoms with Crippen LogP contribution >= 0.6 is 0 Å². The van der Waals surface area contributed by atoms with Crippen LogP contribution in [0.5, 0.6) is 0 Å². The average molecular weight is 1160 g/mol. The van der Waals surface area contributed by atoms with E-state index in [0.29, 0.717) is 19.3 Å². The van der Waals surface area contributed by atoms with Crippen molar-refractivity contribution in [1.82, 2.24) is 0 Å². The molecule has 482 valence electrons. The van der Waals surface area contributed by atoms with E-state index in [1.54, 1.807) is 0 Å². The van der Waals surface area contributed by atoms with Gasteiger partial charge < -0.3 is 14.2 Å². The summed E-state index contributed by atoms with van der Waals surface area (Å²) in [5.41, 5.74) is 0. The Morgan fingerprint density at radius 3 is 0.735 bits per heavy atom. The molecule has 0 radical (unpaired) electrons. The van der Waals surface area contributed by atoms with E-state index < -0.39 is 6.10 Å². The summed E-state index contributed by atoms with van der Waals surface area (Å²) in [4.78, 5) is 38.2. The normalized spacial score (nSPS) is 12.5. The second-order valence-electron chi connectivity index (χ2n) is 24.5. The molecule has 0 saturated heterocycles. The maximum atomic E-state index is 12.9. The molecule has 0 fully saturated rings. The van der Waals surface area contributed by atoms with Gasteiger partial charge in [0, 0.05) is 19.3 Å². The van der Waals surface area contributed by atoms with Gasteiger partial charge in [-0.05, 0) is 70.6 Å². The maximum Gasteiger partial charge on any atom is 0.306 e. The van der Waals surface area contributed by atoms with Gasteiger partial charge in [-0.15, -0.1) is 0 Å². The topological polar surface area (TPSA) is 78.9 Å². The number of esters is 3. The third kappa shape index (κ3) is 69.5. The van der Waals surface area contributed by atoms with Crippen LogP contribution in [0.1, 0.15) is 380 Å². The zero-order valence-corrected chi connectivity index (χ0v) is 55.5. The highest BCUT2D eigenvalue weighted by atomic mass is 16.6. The van der Waals surface area contributed by atoms with E-state index in [-0.39, 0.29) is 37.5 Å². The van der Waals surface area contributed by atoms with Gasteiger partial charge in [-0.3, -0.25) is 14.4 Å². The summed E-state index contributed by atoms with van der Waals surface area (Å²) >= 11 is 0. The molecule has 1 unspecified atom stereocenters. The number of ether oxygens (including phenoxy) is 3. The molecule has 0 aromatic carbocycles. The number of hydrogen-bond donors (Lipinski definition) is 0. The molecule has 0 amide bonds. The molecule has 0 aromatic heterocycles. The molecule has 0 spiro atoms. The van der Waals surface area contributed by atoms with E-state index in [0.717, 1.165) is 89.9 Å². The summed E-state index contributed by atoms with van der Waals surface area (Å²) in [5, 5.41) is 0. The lowest BCUT2D eigenvalue weighted by Crippen LogP contribution is -2.30. The van der Waals surface area contributed by atoms with Crippen LogP contribution in [0.3, 0.4) is 0 Å². The molecule has 83 heavy (non-hydrogen) atoms. The molecule has 0 aliphatic carbocycles. The molecule has 0 aliphatic heterocycles. The van der Waals surface area contributed by atoms with Crippen molar-refractivity contribution in [3.63, 3.8) is 0 Å². The van der Waals surface area contributed by atoms with Crippen molar-refractivity contribution >= 4 is 17.9 Å². The molecule has 0 bridgehead atoms. The van der Waals surface area contributed by atoms with E-state index in [1.165, 1.54) is 244 Å². The highest BCUT2D eigenvalue weighted by Gasteiger charge is 2.19. The minimum absolute atomic E-state index is 0.0892. The highest BCUT2D eigenvalue weighted by Crippen LogP contribution is 2.19. The lowest BCUT2D eigenvalue weighted by molar-refractivity contribution is -0.167. The Kier molecular flexibility index (Phi) is 68.6. The maximum absolute atomic E-state index is 12.9. The zero-order valence-electron chi connectivity index (χ0n) is 55.5. The van der Waals surface area contributed by atoms with Crippen LogP contribution in [-0.4, -0.2) is 37.2 Å². The Labute approximate surface area is 516 Å². The Morgan fingerprint density at radius 1 is 0.253 bits per heavy atom. The first kappa shape index (κ1) is 79.8. The van der Waals surface area contributed by atoms with Crippen LogP contribution in [0.25, 0.3) is 0 Å². The van der Waals surface area contributed by atoms with Crippen LogP contribution in [-0.2, 0) is 28.6 Å². The minimum atomic E-state index is -0.796. The van der Waals surface area contributed by atoms with Crippen LogP contribution in [0, 0.1) is 0 Å². The molecule has 6 nitrogen and oxygen atoms in total. The molecular weight excluding hydrogens is 1020 g/mol. The van der Waals surface area contributed by atoms with Crippen LogP contribution in [0.15, 0.2) is 72.9 Å². The fourth-order valence-corrected chi connectivity index (χ4v) is 10.8. The van der Waals surface area contributed by atoms with E-state index in [1.807, 2.05) is 0 Å². The summed E-state index contributed by atoms with van der Waals surface area (Å²) in [6.45, 7) is 6.52. The second kappa shape index (κ2) is 71.3. The summed E-state index contributed by atoms with van der Waals surface area (Å²) in [6, 6.07) is 0. The predicted molar refractivity (Wildman–Crippen MR) is 362 cm³/mol. The molecule has 6 heteroatoms. The van der Waals surface area contributed by atoms with Crippen molar-refractivity contribution in [2.24, 2.45) is 0 Å². The van der Waals surface area contributed by atoms with Crippen LogP contribution < -0.4 is 0 Å². The van der Waals surface area contributed by atoms with Gasteiger partial charge in [-0.2, -0.15) is 0 Å². The van der Waals surface area contributed by atoms with Gasteiger partial charge in [0.2, 0.25) is 0 Å². The Hall–Kier alpha value is -3.15. The summed E-state index contributed by atoms with van der Waals surface area (Å²) in [7, 11) is 0. The van der Waals surface area contributed by atoms with Crippen molar-refractivity contribution in [3.8, 4) is 0 Å². The molecular formula is C77H138O6. The van der Waals surface area contributed by atoms with Gasteiger partial charge in [0.25, 0.3) is 0 Å². The number of carbonyl (C=O) groups excluding carboxylic acids is 3. The van der Waals surface area contributed by atoms with Gasteiger partial charge in [-0.1, -0.05) is 363 Å². The van der Waals surface area contributed by atoms with Crippen molar-refractivity contribution in [2.45, 2.75) is 386 Å². The average Bonchev–Trinajstić information content (AvgIpc) is 3.49. The van der Waals surface area contributed by atoms with E-state index in [4.69, 9.17) is 14.2 Å². The smallest absolute Gasteiger partial charge is 0.306 e. The van der Waals surface area contributed by atoms with E-state index in [2.05, 4.69) is 93.7 Å². The molecule has 0 aliphatic rings. The largest absolute Gasteiger partial charge is 0.462 e. The fraction of sp³-hybridized carbons (Fsp3) is 0.805. The molecule has 0 heterocycles. The van der Waals surface area contributed by atoms with Gasteiger partial charge >= 0.3 is 17.9 Å². The first-order valence-electron chi connectivity index (χ1n) is 36.4. The van der Waals surface area contributed by atoms with Gasteiger partial charge in [-0.25, -0.2) is 0 Å². The molecule has 1 atom stereocenters. The fourth-order valence-electron chi connectivity index (χ4n) is 10.8.